The molecule has 0 aromatic heterocycles. The molecule has 8 heteroatoms. The van der Waals surface area contributed by atoms with Crippen LogP contribution in [0.5, 0.6) is 0 Å². The number of hydrogen-bond donors (Lipinski definition) is 3. The number of unbranched alkanes of at least 4 members (excludes halogenated alkanes) is 1. The molecule has 0 unspecified atom stereocenters. The average Bonchev–Trinajstić information content (AvgIpc) is 2.35. The third kappa shape index (κ3) is 4.09. The number of nitrogens with one attached hydrogen (secondary N) is 2. The van der Waals surface area contributed by atoms with Crippen LogP contribution < -0.4 is 15.8 Å². The number of aryl methyl sites for hydroxylation is 1. The van der Waals surface area contributed by atoms with Crippen molar-refractivity contribution in [2.75, 3.05) is 12.3 Å². The first-order valence-corrected chi connectivity index (χ1v) is 7.62. The van der Waals surface area contributed by atoms with Gasteiger partial charge >= 0.3 is 6.03 Å². The molecule has 1 rings (SSSR count). The predicted octanol–water partition coefficient (Wildman–Crippen LogP) is 1.50. The number of benzene rings is 1. The number of amides is 2. The topological polar surface area (TPSA) is 101 Å². The normalized spacial score (nSPS) is 11.2. The van der Waals surface area contributed by atoms with Gasteiger partial charge in [0, 0.05) is 6.54 Å². The van der Waals surface area contributed by atoms with Gasteiger partial charge in [0.15, 0.2) is 0 Å². The minimum atomic E-state index is -4.07. The number of nitrogens with two attached hydrogens (primary N) is 1. The summed E-state index contributed by atoms with van der Waals surface area (Å²) in [4.78, 5) is 11.2. The van der Waals surface area contributed by atoms with Gasteiger partial charge < -0.3 is 11.1 Å². The van der Waals surface area contributed by atoms with Crippen molar-refractivity contribution in [1.29, 1.82) is 0 Å². The fourth-order valence-electron chi connectivity index (χ4n) is 1.51. The van der Waals surface area contributed by atoms with Gasteiger partial charge in [-0.15, -0.1) is 0 Å². The average molecular weight is 303 g/mol. The molecule has 112 valence electrons. The molecule has 0 saturated carbocycles. The Morgan fingerprint density at radius 3 is 2.60 bits per heavy atom. The molecule has 0 atom stereocenters. The zero-order chi connectivity index (χ0) is 15.3. The van der Waals surface area contributed by atoms with Crippen LogP contribution in [0.1, 0.15) is 25.3 Å². The lowest BCUT2D eigenvalue weighted by molar-refractivity contribution is 0.245. The van der Waals surface area contributed by atoms with Gasteiger partial charge in [-0.1, -0.05) is 13.3 Å². The molecule has 0 aliphatic rings. The minimum Gasteiger partial charge on any atom is -0.396 e. The number of urea groups is 1. The first-order valence-electron chi connectivity index (χ1n) is 6.14. The molecule has 0 aliphatic carbocycles. The lowest BCUT2D eigenvalue weighted by Gasteiger charge is -2.10. The van der Waals surface area contributed by atoms with E-state index in [1.54, 1.807) is 0 Å². The Morgan fingerprint density at radius 1 is 1.40 bits per heavy atom. The molecule has 0 saturated heterocycles. The molecule has 0 heterocycles. The summed E-state index contributed by atoms with van der Waals surface area (Å²) in [6.07, 6.45) is 1.62. The lowest BCUT2D eigenvalue weighted by atomic mass is 10.2. The second-order valence-electron chi connectivity index (χ2n) is 4.36. The number of carbonyl (C=O) groups excluding carboxylic acids is 1. The SMILES string of the molecule is CCCCNC(=O)NS(=O)(=O)c1cc(C)c(F)c(N)c1. The van der Waals surface area contributed by atoms with Crippen molar-refractivity contribution in [3.63, 3.8) is 0 Å². The summed E-state index contributed by atoms with van der Waals surface area (Å²) in [5, 5.41) is 2.42. The highest BCUT2D eigenvalue weighted by atomic mass is 32.2. The van der Waals surface area contributed by atoms with E-state index in [1.165, 1.54) is 6.92 Å². The van der Waals surface area contributed by atoms with Crippen LogP contribution in [0.2, 0.25) is 0 Å². The van der Waals surface area contributed by atoms with Crippen molar-refractivity contribution in [2.45, 2.75) is 31.6 Å². The third-order valence-electron chi connectivity index (χ3n) is 2.61. The summed E-state index contributed by atoms with van der Waals surface area (Å²) in [6.45, 7) is 3.72. The summed E-state index contributed by atoms with van der Waals surface area (Å²) >= 11 is 0. The maximum atomic E-state index is 13.3. The number of halogens is 1. The maximum Gasteiger partial charge on any atom is 0.328 e. The van der Waals surface area contributed by atoms with Crippen molar-refractivity contribution in [2.24, 2.45) is 0 Å². The number of carbonyl (C=O) groups is 1. The number of hydrogen-bond acceptors (Lipinski definition) is 4. The van der Waals surface area contributed by atoms with Crippen LogP contribution in [0.4, 0.5) is 14.9 Å². The van der Waals surface area contributed by atoms with Crippen molar-refractivity contribution in [3.05, 3.63) is 23.5 Å². The number of anilines is 1. The van der Waals surface area contributed by atoms with E-state index in [4.69, 9.17) is 5.73 Å². The fourth-order valence-corrected chi connectivity index (χ4v) is 2.56. The Labute approximate surface area is 117 Å². The summed E-state index contributed by atoms with van der Waals surface area (Å²) in [5.74, 6) is -0.670. The van der Waals surface area contributed by atoms with E-state index >= 15 is 0 Å². The monoisotopic (exact) mass is 303 g/mol. The molecule has 1 aromatic rings. The molecule has 0 bridgehead atoms. The molecule has 6 nitrogen and oxygen atoms in total. The van der Waals surface area contributed by atoms with Gasteiger partial charge in [-0.3, -0.25) is 0 Å². The van der Waals surface area contributed by atoms with E-state index in [0.29, 0.717) is 6.54 Å². The van der Waals surface area contributed by atoms with Crippen LogP contribution in [-0.4, -0.2) is 21.0 Å². The van der Waals surface area contributed by atoms with E-state index in [2.05, 4.69) is 5.32 Å². The van der Waals surface area contributed by atoms with Crippen LogP contribution in [-0.2, 0) is 10.0 Å². The maximum absolute atomic E-state index is 13.3. The van der Waals surface area contributed by atoms with E-state index in [9.17, 15) is 17.6 Å². The molecule has 4 N–H and O–H groups in total. The van der Waals surface area contributed by atoms with Crippen molar-refractivity contribution >= 4 is 21.7 Å². The van der Waals surface area contributed by atoms with Crippen LogP contribution in [0.15, 0.2) is 17.0 Å². The van der Waals surface area contributed by atoms with E-state index in [-0.39, 0.29) is 16.1 Å². The lowest BCUT2D eigenvalue weighted by Crippen LogP contribution is -2.39. The van der Waals surface area contributed by atoms with Crippen molar-refractivity contribution in [1.82, 2.24) is 10.0 Å². The molecule has 20 heavy (non-hydrogen) atoms. The Balaban J connectivity index is 2.86. The molecule has 2 amide bonds. The van der Waals surface area contributed by atoms with Crippen molar-refractivity contribution in [3.8, 4) is 0 Å². The summed E-state index contributed by atoms with van der Waals surface area (Å²) in [7, 11) is -4.07. The zero-order valence-electron chi connectivity index (χ0n) is 11.4. The highest BCUT2D eigenvalue weighted by Gasteiger charge is 2.19. The third-order valence-corrected chi connectivity index (χ3v) is 3.92. The minimum absolute atomic E-state index is 0.0942. The van der Waals surface area contributed by atoms with Gasteiger partial charge in [-0.25, -0.2) is 22.3 Å². The second kappa shape index (κ2) is 6.56. The van der Waals surface area contributed by atoms with Gasteiger partial charge in [-0.2, -0.15) is 0 Å². The quantitative estimate of drug-likeness (QED) is 0.567. The van der Waals surface area contributed by atoms with Gasteiger partial charge in [0.25, 0.3) is 10.0 Å². The standard InChI is InChI=1S/C12H18FN3O3S/c1-3-4-5-15-12(17)16-20(18,19)9-6-8(2)11(13)10(14)7-9/h6-7H,3-5,14H2,1-2H3,(H2,15,16,17). The largest absolute Gasteiger partial charge is 0.396 e. The smallest absolute Gasteiger partial charge is 0.328 e. The molecule has 1 aromatic carbocycles. The van der Waals surface area contributed by atoms with Crippen LogP contribution in [0, 0.1) is 12.7 Å². The Hall–Kier alpha value is -1.83. The van der Waals surface area contributed by atoms with Crippen LogP contribution in [0.3, 0.4) is 0 Å². The fraction of sp³-hybridized carbons (Fsp3) is 0.417. The Morgan fingerprint density at radius 2 is 2.05 bits per heavy atom. The summed E-state index contributed by atoms with van der Waals surface area (Å²) in [5.41, 5.74) is 5.19. The van der Waals surface area contributed by atoms with Crippen molar-refractivity contribution < 1.29 is 17.6 Å². The number of nitrogen functional groups attached to an aromatic ring is 1. The van der Waals surface area contributed by atoms with E-state index in [0.717, 1.165) is 25.0 Å². The molecular formula is C12H18FN3O3S. The first kappa shape index (κ1) is 16.2. The summed E-state index contributed by atoms with van der Waals surface area (Å²) in [6, 6.07) is 1.27. The predicted molar refractivity (Wildman–Crippen MR) is 74.2 cm³/mol. The van der Waals surface area contributed by atoms with E-state index < -0.39 is 21.9 Å². The van der Waals surface area contributed by atoms with E-state index in [1.807, 2.05) is 11.6 Å². The van der Waals surface area contributed by atoms with Gasteiger partial charge in [-0.05, 0) is 31.0 Å². The zero-order valence-corrected chi connectivity index (χ0v) is 12.2. The number of sulfonamides is 1. The Bertz CT molecular complexity index is 579. The summed E-state index contributed by atoms with van der Waals surface area (Å²) < 4.78 is 39.1. The highest BCUT2D eigenvalue weighted by molar-refractivity contribution is 7.90. The Kier molecular flexibility index (Phi) is 5.32. The van der Waals surface area contributed by atoms with Crippen LogP contribution in [0.25, 0.3) is 0 Å². The molecular weight excluding hydrogens is 285 g/mol. The second-order valence-corrected chi connectivity index (χ2v) is 6.04. The van der Waals surface area contributed by atoms with Crippen LogP contribution >= 0.6 is 0 Å². The molecule has 0 fully saturated rings. The van der Waals surface area contributed by atoms with Gasteiger partial charge in [0.1, 0.15) is 5.82 Å². The van der Waals surface area contributed by atoms with Gasteiger partial charge in [0.2, 0.25) is 0 Å². The molecule has 0 spiro atoms. The van der Waals surface area contributed by atoms with Gasteiger partial charge in [0.05, 0.1) is 10.6 Å². The molecule has 0 radical (unpaired) electrons. The molecule has 0 aliphatic heterocycles. The first-order chi connectivity index (χ1) is 9.27. The highest BCUT2D eigenvalue weighted by Crippen LogP contribution is 2.20. The number of rotatable bonds is 5.